The lowest BCUT2D eigenvalue weighted by Gasteiger charge is -2.16. The molecule has 0 heterocycles. The number of benzene rings is 1. The molecule has 1 atom stereocenters. The molecule has 90 valence electrons. The maximum absolute atomic E-state index is 3.55. The van der Waals surface area contributed by atoms with Gasteiger partial charge in [-0.25, -0.2) is 0 Å². The number of aryl methyl sites for hydroxylation is 1. The van der Waals surface area contributed by atoms with Gasteiger partial charge in [-0.1, -0.05) is 29.8 Å². The van der Waals surface area contributed by atoms with Crippen LogP contribution in [0.3, 0.4) is 0 Å². The fourth-order valence-electron chi connectivity index (χ4n) is 1.77. The molecule has 0 aliphatic heterocycles. The van der Waals surface area contributed by atoms with Gasteiger partial charge >= 0.3 is 0 Å². The molecule has 0 bridgehead atoms. The molecular formula is C14H24N2. The fourth-order valence-corrected chi connectivity index (χ4v) is 1.77. The van der Waals surface area contributed by atoms with Crippen molar-refractivity contribution in [2.45, 2.75) is 26.3 Å². The molecule has 0 fully saturated rings. The Morgan fingerprint density at radius 3 is 2.69 bits per heavy atom. The summed E-state index contributed by atoms with van der Waals surface area (Å²) in [6, 6.07) is 9.16. The van der Waals surface area contributed by atoms with E-state index in [-0.39, 0.29) is 0 Å². The first kappa shape index (κ1) is 13.2. The average Bonchev–Trinajstić information content (AvgIpc) is 2.24. The predicted octanol–water partition coefficient (Wildman–Crippen LogP) is 2.60. The van der Waals surface area contributed by atoms with Crippen LogP contribution in [0.5, 0.6) is 0 Å². The smallest absolute Gasteiger partial charge is 0.0291 e. The Balaban J connectivity index is 2.32. The average molecular weight is 220 g/mol. The molecule has 0 spiro atoms. The third-order valence-corrected chi connectivity index (χ3v) is 2.77. The molecule has 0 radical (unpaired) electrons. The number of nitrogens with zero attached hydrogens (tertiary/aromatic N) is 1. The highest BCUT2D eigenvalue weighted by Gasteiger charge is 2.03. The van der Waals surface area contributed by atoms with E-state index >= 15 is 0 Å². The van der Waals surface area contributed by atoms with Crippen LogP contribution in [0.25, 0.3) is 0 Å². The second-order valence-electron chi connectivity index (χ2n) is 4.75. The van der Waals surface area contributed by atoms with Gasteiger partial charge in [0.05, 0.1) is 0 Å². The van der Waals surface area contributed by atoms with Crippen molar-refractivity contribution in [3.05, 3.63) is 35.4 Å². The molecule has 0 amide bonds. The van der Waals surface area contributed by atoms with E-state index < -0.39 is 0 Å². The van der Waals surface area contributed by atoms with Gasteiger partial charge in [0.15, 0.2) is 0 Å². The van der Waals surface area contributed by atoms with Crippen LogP contribution in [-0.2, 0) is 0 Å². The maximum atomic E-state index is 3.55. The molecule has 1 aromatic rings. The van der Waals surface area contributed by atoms with Gasteiger partial charge in [-0.05, 0) is 53.0 Å². The number of rotatable bonds is 6. The van der Waals surface area contributed by atoms with Crippen molar-refractivity contribution >= 4 is 0 Å². The lowest BCUT2D eigenvalue weighted by Crippen LogP contribution is -2.23. The minimum absolute atomic E-state index is 0.446. The third kappa shape index (κ3) is 4.77. The van der Waals surface area contributed by atoms with Crippen LogP contribution < -0.4 is 5.32 Å². The molecule has 2 nitrogen and oxygen atoms in total. The molecule has 0 aliphatic rings. The second-order valence-corrected chi connectivity index (χ2v) is 4.75. The molecule has 1 unspecified atom stereocenters. The van der Waals surface area contributed by atoms with E-state index in [0.717, 1.165) is 13.1 Å². The van der Waals surface area contributed by atoms with Crippen LogP contribution in [0, 0.1) is 6.92 Å². The van der Waals surface area contributed by atoms with E-state index in [1.807, 2.05) is 0 Å². The molecule has 1 N–H and O–H groups in total. The molecule has 1 aromatic carbocycles. The van der Waals surface area contributed by atoms with Gasteiger partial charge in [-0.3, -0.25) is 0 Å². The van der Waals surface area contributed by atoms with Crippen LogP contribution in [-0.4, -0.2) is 32.1 Å². The summed E-state index contributed by atoms with van der Waals surface area (Å²) in [6.07, 6.45) is 1.20. The van der Waals surface area contributed by atoms with Crippen molar-refractivity contribution in [2.24, 2.45) is 0 Å². The lowest BCUT2D eigenvalue weighted by atomic mass is 10.1. The SMILES string of the molecule is Cc1cccc(C(C)NCCCN(C)C)c1. The summed E-state index contributed by atoms with van der Waals surface area (Å²) in [4.78, 5) is 2.22. The van der Waals surface area contributed by atoms with Crippen LogP contribution in [0.15, 0.2) is 24.3 Å². The predicted molar refractivity (Wildman–Crippen MR) is 70.8 cm³/mol. The van der Waals surface area contributed by atoms with E-state index in [2.05, 4.69) is 62.4 Å². The van der Waals surface area contributed by atoms with E-state index in [0.29, 0.717) is 6.04 Å². The molecule has 0 saturated heterocycles. The molecule has 1 rings (SSSR count). The van der Waals surface area contributed by atoms with Crippen molar-refractivity contribution in [1.82, 2.24) is 10.2 Å². The van der Waals surface area contributed by atoms with Crippen molar-refractivity contribution in [3.63, 3.8) is 0 Å². The number of nitrogens with one attached hydrogen (secondary N) is 1. The van der Waals surface area contributed by atoms with Crippen LogP contribution >= 0.6 is 0 Å². The zero-order chi connectivity index (χ0) is 12.0. The Labute approximate surface area is 99.7 Å². The zero-order valence-corrected chi connectivity index (χ0v) is 11.0. The summed E-state index contributed by atoms with van der Waals surface area (Å²) in [6.45, 7) is 6.59. The van der Waals surface area contributed by atoms with Gasteiger partial charge in [0.1, 0.15) is 0 Å². The van der Waals surface area contributed by atoms with Crippen LogP contribution in [0.2, 0.25) is 0 Å². The normalized spacial score (nSPS) is 13.1. The van der Waals surface area contributed by atoms with E-state index in [9.17, 15) is 0 Å². The first-order valence-corrected chi connectivity index (χ1v) is 6.04. The number of hydrogen-bond acceptors (Lipinski definition) is 2. The number of hydrogen-bond donors (Lipinski definition) is 1. The minimum Gasteiger partial charge on any atom is -0.310 e. The van der Waals surface area contributed by atoms with Crippen molar-refractivity contribution < 1.29 is 0 Å². The first-order valence-electron chi connectivity index (χ1n) is 6.04. The molecule has 0 aromatic heterocycles. The quantitative estimate of drug-likeness (QED) is 0.741. The first-order chi connectivity index (χ1) is 7.59. The van der Waals surface area contributed by atoms with Crippen molar-refractivity contribution in [3.8, 4) is 0 Å². The molecule has 16 heavy (non-hydrogen) atoms. The Bertz CT molecular complexity index is 307. The van der Waals surface area contributed by atoms with Gasteiger partial charge in [0, 0.05) is 6.04 Å². The summed E-state index contributed by atoms with van der Waals surface area (Å²) in [5.41, 5.74) is 2.71. The second kappa shape index (κ2) is 6.66. The highest BCUT2D eigenvalue weighted by atomic mass is 15.1. The summed E-state index contributed by atoms with van der Waals surface area (Å²) >= 11 is 0. The molecule has 0 aliphatic carbocycles. The Morgan fingerprint density at radius 2 is 2.06 bits per heavy atom. The Hall–Kier alpha value is -0.860. The van der Waals surface area contributed by atoms with Crippen LogP contribution in [0.4, 0.5) is 0 Å². The van der Waals surface area contributed by atoms with E-state index in [1.165, 1.54) is 17.5 Å². The third-order valence-electron chi connectivity index (χ3n) is 2.77. The minimum atomic E-state index is 0.446. The van der Waals surface area contributed by atoms with Gasteiger partial charge in [-0.2, -0.15) is 0 Å². The molecule has 0 saturated carbocycles. The Kier molecular flexibility index (Phi) is 5.50. The van der Waals surface area contributed by atoms with Crippen molar-refractivity contribution in [2.75, 3.05) is 27.2 Å². The summed E-state index contributed by atoms with van der Waals surface area (Å²) in [5.74, 6) is 0. The summed E-state index contributed by atoms with van der Waals surface area (Å²) in [5, 5.41) is 3.55. The van der Waals surface area contributed by atoms with Gasteiger partial charge in [-0.15, -0.1) is 0 Å². The molecular weight excluding hydrogens is 196 g/mol. The summed E-state index contributed by atoms with van der Waals surface area (Å²) < 4.78 is 0. The summed E-state index contributed by atoms with van der Waals surface area (Å²) in [7, 11) is 4.23. The monoisotopic (exact) mass is 220 g/mol. The highest BCUT2D eigenvalue weighted by Crippen LogP contribution is 2.13. The zero-order valence-electron chi connectivity index (χ0n) is 11.0. The standard InChI is InChI=1S/C14H24N2/c1-12-7-5-8-14(11-12)13(2)15-9-6-10-16(3)4/h5,7-8,11,13,15H,6,9-10H2,1-4H3. The lowest BCUT2D eigenvalue weighted by molar-refractivity contribution is 0.389. The molecule has 2 heteroatoms. The maximum Gasteiger partial charge on any atom is 0.0291 e. The largest absolute Gasteiger partial charge is 0.310 e. The Morgan fingerprint density at radius 1 is 1.31 bits per heavy atom. The van der Waals surface area contributed by atoms with Crippen molar-refractivity contribution in [1.29, 1.82) is 0 Å². The highest BCUT2D eigenvalue weighted by molar-refractivity contribution is 5.24. The van der Waals surface area contributed by atoms with E-state index in [4.69, 9.17) is 0 Å². The fraction of sp³-hybridized carbons (Fsp3) is 0.571. The van der Waals surface area contributed by atoms with Gasteiger partial charge in [0.25, 0.3) is 0 Å². The van der Waals surface area contributed by atoms with Gasteiger partial charge in [0.2, 0.25) is 0 Å². The topological polar surface area (TPSA) is 15.3 Å². The van der Waals surface area contributed by atoms with E-state index in [1.54, 1.807) is 0 Å². The van der Waals surface area contributed by atoms with Crippen LogP contribution in [0.1, 0.15) is 30.5 Å². The van der Waals surface area contributed by atoms with Gasteiger partial charge < -0.3 is 10.2 Å².